The van der Waals surface area contributed by atoms with E-state index >= 15 is 0 Å². The molecule has 134 valence electrons. The molecular weight excluding hydrogens is 306 g/mol. The van der Waals surface area contributed by atoms with Crippen molar-refractivity contribution in [1.82, 2.24) is 10.2 Å². The average molecular weight is 335 g/mol. The number of amides is 1. The number of rotatable bonds is 4. The third-order valence-corrected chi connectivity index (χ3v) is 3.85. The van der Waals surface area contributed by atoms with Crippen molar-refractivity contribution in [3.05, 3.63) is 29.8 Å². The largest absolute Gasteiger partial charge is 0.444 e. The third kappa shape index (κ3) is 4.85. The first-order valence-corrected chi connectivity index (χ1v) is 8.32. The van der Waals surface area contributed by atoms with Gasteiger partial charge in [-0.2, -0.15) is 0 Å². The van der Waals surface area contributed by atoms with E-state index in [2.05, 4.69) is 5.32 Å². The lowest BCUT2D eigenvalue weighted by molar-refractivity contribution is -0.0635. The zero-order valence-corrected chi connectivity index (χ0v) is 15.3. The molecule has 1 aliphatic rings. The van der Waals surface area contributed by atoms with E-state index in [1.165, 1.54) is 5.56 Å². The van der Waals surface area contributed by atoms with Crippen LogP contribution in [0.2, 0.25) is 0 Å². The van der Waals surface area contributed by atoms with E-state index in [0.29, 0.717) is 6.61 Å². The molecule has 2 rings (SSSR count). The summed E-state index contributed by atoms with van der Waals surface area (Å²) in [6.45, 7) is 10.5. The summed E-state index contributed by atoms with van der Waals surface area (Å²) in [5.41, 5.74) is 6.42. The molecule has 1 saturated heterocycles. The summed E-state index contributed by atoms with van der Waals surface area (Å²) in [6.07, 6.45) is 0.276. The maximum atomic E-state index is 12.5. The van der Waals surface area contributed by atoms with Crippen molar-refractivity contribution in [2.45, 2.75) is 58.5 Å². The Labute approximate surface area is 144 Å². The van der Waals surface area contributed by atoms with Gasteiger partial charge in [-0.1, -0.05) is 12.1 Å². The van der Waals surface area contributed by atoms with Crippen molar-refractivity contribution in [2.24, 2.45) is 0 Å². The van der Waals surface area contributed by atoms with Crippen LogP contribution < -0.4 is 11.1 Å². The van der Waals surface area contributed by atoms with Crippen LogP contribution in [0.15, 0.2) is 24.3 Å². The number of nitrogens with one attached hydrogen (secondary N) is 1. The predicted octanol–water partition coefficient (Wildman–Crippen LogP) is 2.73. The second-order valence-electron chi connectivity index (χ2n) is 7.57. The van der Waals surface area contributed by atoms with Crippen molar-refractivity contribution in [3.8, 4) is 0 Å². The molecule has 1 aromatic carbocycles. The van der Waals surface area contributed by atoms with Crippen LogP contribution in [-0.4, -0.2) is 41.6 Å². The van der Waals surface area contributed by atoms with Crippen molar-refractivity contribution >= 4 is 11.8 Å². The van der Waals surface area contributed by atoms with Crippen LogP contribution in [0.25, 0.3) is 0 Å². The molecule has 1 heterocycles. The molecule has 1 atom stereocenters. The highest BCUT2D eigenvalue weighted by Gasteiger charge is 2.45. The lowest BCUT2D eigenvalue weighted by Gasteiger charge is -2.35. The van der Waals surface area contributed by atoms with Crippen LogP contribution in [0.5, 0.6) is 0 Å². The fraction of sp³-hybridized carbons (Fsp3) is 0.611. The minimum Gasteiger partial charge on any atom is -0.444 e. The monoisotopic (exact) mass is 335 g/mol. The minimum absolute atomic E-state index is 0.205. The number of carbonyl (C=O) groups excluding carboxylic acids is 1. The Morgan fingerprint density at radius 1 is 1.38 bits per heavy atom. The van der Waals surface area contributed by atoms with Gasteiger partial charge in [0.25, 0.3) is 0 Å². The molecule has 3 N–H and O–H groups in total. The molecule has 24 heavy (non-hydrogen) atoms. The quantitative estimate of drug-likeness (QED) is 0.827. The smallest absolute Gasteiger partial charge is 0.413 e. The van der Waals surface area contributed by atoms with Gasteiger partial charge in [0.1, 0.15) is 17.5 Å². The van der Waals surface area contributed by atoms with Gasteiger partial charge < -0.3 is 15.2 Å². The summed E-state index contributed by atoms with van der Waals surface area (Å²) in [6, 6.07) is 7.81. The Balaban J connectivity index is 1.95. The molecule has 1 amide bonds. The highest BCUT2D eigenvalue weighted by Crippen LogP contribution is 2.28. The summed E-state index contributed by atoms with van der Waals surface area (Å²) >= 11 is 0. The lowest BCUT2D eigenvalue weighted by atomic mass is 10.1. The van der Waals surface area contributed by atoms with Gasteiger partial charge in [0, 0.05) is 12.2 Å². The van der Waals surface area contributed by atoms with Crippen molar-refractivity contribution < 1.29 is 14.3 Å². The van der Waals surface area contributed by atoms with E-state index in [9.17, 15) is 4.79 Å². The number of hydrogen-bond donors (Lipinski definition) is 2. The molecule has 0 aromatic heterocycles. The number of ether oxygens (including phenoxy) is 2. The topological polar surface area (TPSA) is 76.8 Å². The fourth-order valence-corrected chi connectivity index (χ4v) is 2.68. The molecular formula is C18H29N3O3. The Kier molecular flexibility index (Phi) is 5.40. The Morgan fingerprint density at radius 3 is 2.58 bits per heavy atom. The molecule has 0 radical (unpaired) electrons. The van der Waals surface area contributed by atoms with E-state index in [4.69, 9.17) is 15.2 Å². The molecule has 6 heteroatoms. The van der Waals surface area contributed by atoms with Crippen LogP contribution in [0.1, 0.15) is 40.2 Å². The van der Waals surface area contributed by atoms with Gasteiger partial charge in [-0.25, -0.2) is 4.79 Å². The Bertz CT molecular complexity index is 564. The van der Waals surface area contributed by atoms with Gasteiger partial charge in [-0.05, 0) is 58.7 Å². The number of anilines is 1. The average Bonchev–Trinajstić information content (AvgIpc) is 2.74. The second kappa shape index (κ2) is 6.99. The van der Waals surface area contributed by atoms with Crippen molar-refractivity contribution in [3.63, 3.8) is 0 Å². The van der Waals surface area contributed by atoms with E-state index in [1.807, 2.05) is 58.9 Å². The van der Waals surface area contributed by atoms with E-state index in [1.54, 1.807) is 4.90 Å². The van der Waals surface area contributed by atoms with Gasteiger partial charge in [0.15, 0.2) is 0 Å². The van der Waals surface area contributed by atoms with Crippen LogP contribution in [0, 0.1) is 0 Å². The number of nitrogen functional groups attached to an aromatic ring is 1. The molecule has 0 unspecified atom stereocenters. The molecule has 0 bridgehead atoms. The first-order valence-electron chi connectivity index (χ1n) is 8.32. The normalized spacial score (nSPS) is 20.2. The van der Waals surface area contributed by atoms with E-state index in [0.717, 1.165) is 18.7 Å². The molecule has 0 saturated carbocycles. The summed E-state index contributed by atoms with van der Waals surface area (Å²) < 4.78 is 11.3. The van der Waals surface area contributed by atoms with Gasteiger partial charge in [-0.15, -0.1) is 0 Å². The maximum Gasteiger partial charge on any atom is 0.413 e. The summed E-state index contributed by atoms with van der Waals surface area (Å²) in [5, 5.41) is 3.39. The van der Waals surface area contributed by atoms with Crippen LogP contribution in [0.4, 0.5) is 10.5 Å². The SMILES string of the molecule is CC(C)(C)OC(=O)N1[C@@H](NCCc2ccc(N)cc2)COC1(C)C. The first kappa shape index (κ1) is 18.5. The standard InChI is InChI=1S/C18H29N3O3/c1-17(2,3)24-16(22)21-15(12-23-18(21,4)5)20-11-10-13-6-8-14(19)9-7-13/h6-9,15,20H,10-12,19H2,1-5H3/t15-/m1/s1. The molecule has 1 aliphatic heterocycles. The van der Waals surface area contributed by atoms with Crippen LogP contribution in [0.3, 0.4) is 0 Å². The van der Waals surface area contributed by atoms with Crippen LogP contribution >= 0.6 is 0 Å². The summed E-state index contributed by atoms with van der Waals surface area (Å²) in [5.74, 6) is 0. The van der Waals surface area contributed by atoms with Gasteiger partial charge in [0.2, 0.25) is 0 Å². The molecule has 0 aliphatic carbocycles. The van der Waals surface area contributed by atoms with Gasteiger partial charge in [-0.3, -0.25) is 10.2 Å². The number of nitrogens with zero attached hydrogens (tertiary/aromatic N) is 1. The molecule has 0 spiro atoms. The number of hydrogen-bond acceptors (Lipinski definition) is 5. The Hall–Kier alpha value is -1.79. The minimum atomic E-state index is -0.693. The predicted molar refractivity (Wildman–Crippen MR) is 94.5 cm³/mol. The highest BCUT2D eigenvalue weighted by molar-refractivity contribution is 5.69. The maximum absolute atomic E-state index is 12.5. The van der Waals surface area contributed by atoms with Crippen molar-refractivity contribution in [1.29, 1.82) is 0 Å². The van der Waals surface area contributed by atoms with E-state index in [-0.39, 0.29) is 12.3 Å². The van der Waals surface area contributed by atoms with E-state index < -0.39 is 11.3 Å². The fourth-order valence-electron chi connectivity index (χ4n) is 2.68. The highest BCUT2D eigenvalue weighted by atomic mass is 16.6. The second-order valence-corrected chi connectivity index (χ2v) is 7.57. The molecule has 6 nitrogen and oxygen atoms in total. The van der Waals surface area contributed by atoms with Gasteiger partial charge in [0.05, 0.1) is 6.61 Å². The Morgan fingerprint density at radius 2 is 2.00 bits per heavy atom. The zero-order valence-electron chi connectivity index (χ0n) is 15.3. The zero-order chi connectivity index (χ0) is 18.0. The van der Waals surface area contributed by atoms with Crippen LogP contribution in [-0.2, 0) is 15.9 Å². The first-order chi connectivity index (χ1) is 11.1. The van der Waals surface area contributed by atoms with Crippen molar-refractivity contribution in [2.75, 3.05) is 18.9 Å². The molecule has 1 aromatic rings. The summed E-state index contributed by atoms with van der Waals surface area (Å²) in [7, 11) is 0. The molecule has 1 fully saturated rings. The lowest BCUT2D eigenvalue weighted by Crippen LogP contribution is -2.54. The number of carbonyl (C=O) groups is 1. The summed E-state index contributed by atoms with van der Waals surface area (Å²) in [4.78, 5) is 14.2. The number of benzene rings is 1. The number of nitrogens with two attached hydrogens (primary N) is 1. The third-order valence-electron chi connectivity index (χ3n) is 3.85. The van der Waals surface area contributed by atoms with Gasteiger partial charge >= 0.3 is 6.09 Å².